The van der Waals surface area contributed by atoms with Crippen molar-refractivity contribution in [1.82, 2.24) is 0 Å². The minimum Gasteiger partial charge on any atom is -0.490 e. The zero-order valence-electron chi connectivity index (χ0n) is 7.26. The molecule has 0 aliphatic carbocycles. The topological polar surface area (TPSA) is 64.7 Å². The molecule has 6 heteroatoms. The van der Waals surface area contributed by atoms with E-state index in [1.165, 1.54) is 19.2 Å². The standard InChI is InChI=1S/C8H6N2O3S/c1-13-7-4-2-3-6(9-5-14)8(7)10(11)12/h2-4H,1H3. The number of nitro groups is 1. The summed E-state index contributed by atoms with van der Waals surface area (Å²) in [4.78, 5) is 13.7. The van der Waals surface area contributed by atoms with E-state index >= 15 is 0 Å². The van der Waals surface area contributed by atoms with E-state index in [4.69, 9.17) is 4.74 Å². The Morgan fingerprint density at radius 1 is 1.64 bits per heavy atom. The number of hydrogen-bond acceptors (Lipinski definition) is 5. The second kappa shape index (κ2) is 4.45. The minimum absolute atomic E-state index is 0.143. The number of benzene rings is 1. The van der Waals surface area contributed by atoms with Gasteiger partial charge in [-0.05, 0) is 24.4 Å². The molecule has 0 bridgehead atoms. The van der Waals surface area contributed by atoms with Crippen LogP contribution in [-0.4, -0.2) is 17.2 Å². The van der Waals surface area contributed by atoms with Crippen molar-refractivity contribution >= 4 is 28.8 Å². The van der Waals surface area contributed by atoms with E-state index in [9.17, 15) is 10.1 Å². The Kier molecular flexibility index (Phi) is 3.28. The molecule has 0 amide bonds. The van der Waals surface area contributed by atoms with E-state index < -0.39 is 4.92 Å². The molecule has 0 unspecified atom stereocenters. The summed E-state index contributed by atoms with van der Waals surface area (Å²) in [7, 11) is 1.35. The van der Waals surface area contributed by atoms with Crippen LogP contribution in [0.2, 0.25) is 0 Å². The molecule has 0 aromatic heterocycles. The summed E-state index contributed by atoms with van der Waals surface area (Å²) in [5, 5.41) is 12.8. The fourth-order valence-corrected chi connectivity index (χ4v) is 1.10. The Balaban J connectivity index is 3.42. The van der Waals surface area contributed by atoms with Crippen LogP contribution in [0.25, 0.3) is 0 Å². The van der Waals surface area contributed by atoms with E-state index in [2.05, 4.69) is 22.4 Å². The molecular formula is C8H6N2O3S. The number of rotatable bonds is 3. The van der Waals surface area contributed by atoms with E-state index in [1.807, 2.05) is 0 Å². The third-order valence-electron chi connectivity index (χ3n) is 1.55. The maximum atomic E-state index is 10.7. The summed E-state index contributed by atoms with van der Waals surface area (Å²) in [6, 6.07) is 4.55. The molecule has 0 N–H and O–H groups in total. The van der Waals surface area contributed by atoms with Crippen molar-refractivity contribution in [2.24, 2.45) is 4.99 Å². The number of ether oxygens (including phenoxy) is 1. The van der Waals surface area contributed by atoms with Gasteiger partial charge < -0.3 is 4.74 Å². The van der Waals surface area contributed by atoms with Crippen molar-refractivity contribution in [2.45, 2.75) is 0 Å². The molecule has 72 valence electrons. The average molecular weight is 210 g/mol. The first-order valence-electron chi connectivity index (χ1n) is 3.60. The minimum atomic E-state index is -0.565. The quantitative estimate of drug-likeness (QED) is 0.332. The maximum absolute atomic E-state index is 10.7. The molecule has 1 aromatic carbocycles. The lowest BCUT2D eigenvalue weighted by atomic mass is 10.2. The number of hydrogen-bond donors (Lipinski definition) is 0. The Bertz CT molecular complexity index is 413. The predicted molar refractivity (Wildman–Crippen MR) is 54.3 cm³/mol. The van der Waals surface area contributed by atoms with Crippen molar-refractivity contribution in [3.05, 3.63) is 28.3 Å². The first-order valence-corrected chi connectivity index (χ1v) is 4.00. The van der Waals surface area contributed by atoms with Gasteiger partial charge in [-0.3, -0.25) is 10.1 Å². The summed E-state index contributed by atoms with van der Waals surface area (Å²) in [5.41, 5.74) is -0.0586. The van der Waals surface area contributed by atoms with Crippen LogP contribution in [0.5, 0.6) is 5.75 Å². The SMILES string of the molecule is COc1cccc(N=C=S)c1[N+](=O)[O-]. The lowest BCUT2D eigenvalue weighted by Gasteiger charge is -2.01. The van der Waals surface area contributed by atoms with Gasteiger partial charge in [-0.2, -0.15) is 4.99 Å². The Morgan fingerprint density at radius 3 is 2.86 bits per heavy atom. The largest absolute Gasteiger partial charge is 0.490 e. The van der Waals surface area contributed by atoms with Crippen molar-refractivity contribution in [1.29, 1.82) is 0 Å². The number of aliphatic imine (C=N–C) groups is 1. The molecule has 0 saturated carbocycles. The number of isothiocyanates is 1. The number of nitrogens with zero attached hydrogens (tertiary/aromatic N) is 2. The average Bonchev–Trinajstić information content (AvgIpc) is 2.17. The Morgan fingerprint density at radius 2 is 2.36 bits per heavy atom. The number of thiocarbonyl (C=S) groups is 1. The molecule has 1 aromatic rings. The Labute approximate surface area is 85.2 Å². The maximum Gasteiger partial charge on any atom is 0.337 e. The monoisotopic (exact) mass is 210 g/mol. The fraction of sp³-hybridized carbons (Fsp3) is 0.125. The molecule has 0 aliphatic rings. The third-order valence-corrected chi connectivity index (χ3v) is 1.64. The van der Waals surface area contributed by atoms with Gasteiger partial charge in [0, 0.05) is 0 Å². The molecule has 5 nitrogen and oxygen atoms in total. The molecule has 0 fully saturated rings. The number of methoxy groups -OCH3 is 1. The van der Waals surface area contributed by atoms with Gasteiger partial charge >= 0.3 is 5.69 Å². The summed E-state index contributed by atoms with van der Waals surface area (Å²) >= 11 is 4.38. The normalized spacial score (nSPS) is 8.93. The molecule has 0 spiro atoms. The van der Waals surface area contributed by atoms with Crippen LogP contribution in [0.4, 0.5) is 11.4 Å². The van der Waals surface area contributed by atoms with E-state index in [1.54, 1.807) is 6.07 Å². The lowest BCUT2D eigenvalue weighted by Crippen LogP contribution is -1.93. The van der Waals surface area contributed by atoms with E-state index in [-0.39, 0.29) is 17.1 Å². The highest BCUT2D eigenvalue weighted by molar-refractivity contribution is 7.78. The van der Waals surface area contributed by atoms with E-state index in [0.717, 1.165) is 0 Å². The highest BCUT2D eigenvalue weighted by Gasteiger charge is 2.19. The molecular weight excluding hydrogens is 204 g/mol. The first-order chi connectivity index (χ1) is 6.70. The number of para-hydroxylation sites is 1. The molecule has 0 atom stereocenters. The molecule has 0 heterocycles. The number of nitro benzene ring substituents is 1. The third kappa shape index (κ3) is 1.93. The van der Waals surface area contributed by atoms with Crippen LogP contribution in [0, 0.1) is 10.1 Å². The van der Waals surface area contributed by atoms with Gasteiger partial charge in [0.25, 0.3) is 0 Å². The van der Waals surface area contributed by atoms with Crippen LogP contribution in [0.1, 0.15) is 0 Å². The summed E-state index contributed by atoms with van der Waals surface area (Å²) < 4.78 is 4.83. The smallest absolute Gasteiger partial charge is 0.337 e. The van der Waals surface area contributed by atoms with Gasteiger partial charge in [0.15, 0.2) is 11.4 Å². The van der Waals surface area contributed by atoms with Crippen LogP contribution < -0.4 is 4.74 Å². The molecule has 0 radical (unpaired) electrons. The van der Waals surface area contributed by atoms with Gasteiger partial charge in [-0.25, -0.2) is 0 Å². The van der Waals surface area contributed by atoms with Gasteiger partial charge in [0.2, 0.25) is 0 Å². The van der Waals surface area contributed by atoms with Crippen molar-refractivity contribution in [3.63, 3.8) is 0 Å². The van der Waals surface area contributed by atoms with Gasteiger partial charge in [0.05, 0.1) is 17.2 Å². The second-order valence-electron chi connectivity index (χ2n) is 2.29. The van der Waals surface area contributed by atoms with Crippen molar-refractivity contribution in [2.75, 3.05) is 7.11 Å². The van der Waals surface area contributed by atoms with Gasteiger partial charge in [-0.15, -0.1) is 0 Å². The van der Waals surface area contributed by atoms with Crippen molar-refractivity contribution < 1.29 is 9.66 Å². The Hall–Kier alpha value is -1.78. The summed E-state index contributed by atoms with van der Waals surface area (Å²) in [6.45, 7) is 0. The predicted octanol–water partition coefficient (Wildman–Crippen LogP) is 2.34. The zero-order valence-corrected chi connectivity index (χ0v) is 8.08. The van der Waals surface area contributed by atoms with Crippen LogP contribution in [-0.2, 0) is 0 Å². The van der Waals surface area contributed by atoms with Crippen LogP contribution >= 0.6 is 12.2 Å². The van der Waals surface area contributed by atoms with Crippen molar-refractivity contribution in [3.8, 4) is 5.75 Å². The highest BCUT2D eigenvalue weighted by Crippen LogP contribution is 2.35. The van der Waals surface area contributed by atoms with Gasteiger partial charge in [0.1, 0.15) is 0 Å². The first kappa shape index (κ1) is 10.3. The van der Waals surface area contributed by atoms with Gasteiger partial charge in [-0.1, -0.05) is 6.07 Å². The second-order valence-corrected chi connectivity index (χ2v) is 2.47. The summed E-state index contributed by atoms with van der Waals surface area (Å²) in [5.74, 6) is 0.154. The van der Waals surface area contributed by atoms with Crippen LogP contribution in [0.15, 0.2) is 23.2 Å². The zero-order chi connectivity index (χ0) is 10.6. The van der Waals surface area contributed by atoms with E-state index in [0.29, 0.717) is 0 Å². The highest BCUT2D eigenvalue weighted by atomic mass is 32.1. The lowest BCUT2D eigenvalue weighted by molar-refractivity contribution is -0.384. The summed E-state index contributed by atoms with van der Waals surface area (Å²) in [6.07, 6.45) is 0. The molecule has 0 aliphatic heterocycles. The van der Waals surface area contributed by atoms with Crippen LogP contribution in [0.3, 0.4) is 0 Å². The fourth-order valence-electron chi connectivity index (χ4n) is 0.998. The molecule has 0 saturated heterocycles. The molecule has 1 rings (SSSR count). The molecule has 14 heavy (non-hydrogen) atoms.